The number of hydrogen-bond donors (Lipinski definition) is 2. The molecule has 1 rings (SSSR count). The number of benzene rings is 1. The molecule has 0 aliphatic heterocycles. The molecule has 2 N–H and O–H groups in total. The highest BCUT2D eigenvalue weighted by atomic mass is 19.4. The number of halogens is 3. The lowest BCUT2D eigenvalue weighted by molar-refractivity contribution is -0.274. The standard InChI is InChI=1S/C11H13F3O3/c12-11(13,14)17-10-6-8(1-3-15)5-9(7-10)2-4-16/h5-7,15-16H,1-4H2. The van der Waals surface area contributed by atoms with Gasteiger partial charge in [-0.1, -0.05) is 6.07 Å². The summed E-state index contributed by atoms with van der Waals surface area (Å²) in [6.07, 6.45) is -4.25. The van der Waals surface area contributed by atoms with E-state index in [0.29, 0.717) is 11.1 Å². The Balaban J connectivity index is 2.94. The zero-order valence-electron chi connectivity index (χ0n) is 9.00. The molecule has 3 nitrogen and oxygen atoms in total. The van der Waals surface area contributed by atoms with Gasteiger partial charge in [0, 0.05) is 13.2 Å². The molecular formula is C11H13F3O3. The summed E-state index contributed by atoms with van der Waals surface area (Å²) in [5.41, 5.74) is 1.08. The fourth-order valence-electron chi connectivity index (χ4n) is 1.47. The van der Waals surface area contributed by atoms with Crippen LogP contribution < -0.4 is 4.74 Å². The van der Waals surface area contributed by atoms with Crippen LogP contribution in [0.4, 0.5) is 13.2 Å². The molecule has 17 heavy (non-hydrogen) atoms. The molecule has 0 bridgehead atoms. The van der Waals surface area contributed by atoms with E-state index in [1.54, 1.807) is 6.07 Å². The van der Waals surface area contributed by atoms with Gasteiger partial charge >= 0.3 is 6.36 Å². The molecule has 0 atom stereocenters. The van der Waals surface area contributed by atoms with E-state index in [0.717, 1.165) is 0 Å². The Morgan fingerprint density at radius 1 is 0.941 bits per heavy atom. The maximum Gasteiger partial charge on any atom is 0.573 e. The second kappa shape index (κ2) is 5.88. The summed E-state index contributed by atoms with van der Waals surface area (Å²) in [6.45, 7) is -0.317. The molecule has 96 valence electrons. The molecule has 0 spiro atoms. The van der Waals surface area contributed by atoms with Gasteiger partial charge in [0.15, 0.2) is 0 Å². The van der Waals surface area contributed by atoms with Crippen molar-refractivity contribution in [2.45, 2.75) is 19.2 Å². The minimum absolute atomic E-state index is 0.159. The Bertz CT molecular complexity index is 339. The number of alkyl halides is 3. The van der Waals surface area contributed by atoms with Crippen LogP contribution in [0.25, 0.3) is 0 Å². The first-order valence-corrected chi connectivity index (χ1v) is 5.05. The second-order valence-corrected chi connectivity index (χ2v) is 3.48. The fraction of sp³-hybridized carbons (Fsp3) is 0.455. The monoisotopic (exact) mass is 250 g/mol. The Morgan fingerprint density at radius 2 is 1.41 bits per heavy atom. The highest BCUT2D eigenvalue weighted by Crippen LogP contribution is 2.25. The summed E-state index contributed by atoms with van der Waals surface area (Å²) < 4.78 is 40.0. The number of ether oxygens (including phenoxy) is 1. The first kappa shape index (κ1) is 13.8. The molecule has 0 heterocycles. The molecule has 0 saturated heterocycles. The predicted molar refractivity (Wildman–Crippen MR) is 54.7 cm³/mol. The lowest BCUT2D eigenvalue weighted by atomic mass is 10.1. The van der Waals surface area contributed by atoms with Crippen molar-refractivity contribution in [3.05, 3.63) is 29.3 Å². The zero-order chi connectivity index (χ0) is 12.9. The van der Waals surface area contributed by atoms with Gasteiger partial charge in [0.25, 0.3) is 0 Å². The maximum absolute atomic E-state index is 12.1. The van der Waals surface area contributed by atoms with Crippen LogP contribution in [-0.4, -0.2) is 29.8 Å². The third kappa shape index (κ3) is 5.06. The Morgan fingerprint density at radius 3 is 1.76 bits per heavy atom. The Kier molecular flexibility index (Phi) is 4.77. The molecule has 1 aromatic carbocycles. The largest absolute Gasteiger partial charge is 0.573 e. The average molecular weight is 250 g/mol. The van der Waals surface area contributed by atoms with E-state index in [9.17, 15) is 13.2 Å². The molecule has 6 heteroatoms. The van der Waals surface area contributed by atoms with E-state index in [1.807, 2.05) is 0 Å². The van der Waals surface area contributed by atoms with E-state index < -0.39 is 6.36 Å². The van der Waals surface area contributed by atoms with Crippen LogP contribution in [0, 0.1) is 0 Å². The van der Waals surface area contributed by atoms with Gasteiger partial charge in [-0.25, -0.2) is 0 Å². The lowest BCUT2D eigenvalue weighted by Gasteiger charge is -2.12. The number of rotatable bonds is 5. The normalized spacial score (nSPS) is 11.6. The number of aliphatic hydroxyl groups excluding tert-OH is 2. The third-order valence-corrected chi connectivity index (χ3v) is 2.06. The summed E-state index contributed by atoms with van der Waals surface area (Å²) in [6, 6.07) is 4.09. The molecule has 0 amide bonds. The van der Waals surface area contributed by atoms with E-state index >= 15 is 0 Å². The van der Waals surface area contributed by atoms with Crippen LogP contribution in [0.2, 0.25) is 0 Å². The van der Waals surface area contributed by atoms with Crippen molar-refractivity contribution in [3.8, 4) is 5.75 Å². The smallest absolute Gasteiger partial charge is 0.406 e. The molecule has 0 aliphatic rings. The third-order valence-electron chi connectivity index (χ3n) is 2.06. The van der Waals surface area contributed by atoms with Crippen molar-refractivity contribution < 1.29 is 28.1 Å². The minimum atomic E-state index is -4.74. The first-order chi connectivity index (χ1) is 7.94. The summed E-state index contributed by atoms with van der Waals surface area (Å²) in [4.78, 5) is 0. The van der Waals surface area contributed by atoms with Gasteiger partial charge in [-0.05, 0) is 36.1 Å². The number of aliphatic hydroxyl groups is 2. The van der Waals surface area contributed by atoms with Gasteiger partial charge in [0.2, 0.25) is 0 Å². The number of hydrogen-bond acceptors (Lipinski definition) is 3. The zero-order valence-corrected chi connectivity index (χ0v) is 9.00. The van der Waals surface area contributed by atoms with Crippen LogP contribution in [0.15, 0.2) is 18.2 Å². The minimum Gasteiger partial charge on any atom is -0.406 e. The molecular weight excluding hydrogens is 237 g/mol. The average Bonchev–Trinajstić information content (AvgIpc) is 2.15. The van der Waals surface area contributed by atoms with E-state index in [2.05, 4.69) is 4.74 Å². The van der Waals surface area contributed by atoms with Crippen molar-refractivity contribution in [2.24, 2.45) is 0 Å². The fourth-order valence-corrected chi connectivity index (χ4v) is 1.47. The first-order valence-electron chi connectivity index (χ1n) is 5.05. The van der Waals surface area contributed by atoms with Crippen LogP contribution in [0.5, 0.6) is 5.75 Å². The molecule has 1 aromatic rings. The van der Waals surface area contributed by atoms with Crippen molar-refractivity contribution in [2.75, 3.05) is 13.2 Å². The van der Waals surface area contributed by atoms with Crippen LogP contribution in [0.3, 0.4) is 0 Å². The van der Waals surface area contributed by atoms with Gasteiger partial charge in [-0.15, -0.1) is 13.2 Å². The van der Waals surface area contributed by atoms with Crippen LogP contribution >= 0.6 is 0 Å². The van der Waals surface area contributed by atoms with Crippen LogP contribution in [0.1, 0.15) is 11.1 Å². The molecule has 0 saturated carbocycles. The van der Waals surface area contributed by atoms with Gasteiger partial charge in [0.05, 0.1) is 0 Å². The maximum atomic E-state index is 12.1. The molecule has 0 aliphatic carbocycles. The predicted octanol–water partition coefficient (Wildman–Crippen LogP) is 1.65. The Labute approximate surface area is 96.5 Å². The van der Waals surface area contributed by atoms with E-state index in [-0.39, 0.29) is 31.8 Å². The van der Waals surface area contributed by atoms with E-state index in [1.165, 1.54) is 12.1 Å². The van der Waals surface area contributed by atoms with E-state index in [4.69, 9.17) is 10.2 Å². The quantitative estimate of drug-likeness (QED) is 0.835. The highest BCUT2D eigenvalue weighted by Gasteiger charge is 2.31. The van der Waals surface area contributed by atoms with Crippen molar-refractivity contribution >= 4 is 0 Å². The lowest BCUT2D eigenvalue weighted by Crippen LogP contribution is -2.17. The van der Waals surface area contributed by atoms with Gasteiger partial charge in [0.1, 0.15) is 5.75 Å². The summed E-state index contributed by atoms with van der Waals surface area (Å²) in [5, 5.41) is 17.5. The Hall–Kier alpha value is -1.27. The van der Waals surface area contributed by atoms with Gasteiger partial charge in [-0.3, -0.25) is 0 Å². The molecule has 0 unspecified atom stereocenters. The van der Waals surface area contributed by atoms with Crippen molar-refractivity contribution in [1.82, 2.24) is 0 Å². The second-order valence-electron chi connectivity index (χ2n) is 3.48. The van der Waals surface area contributed by atoms with Crippen LogP contribution in [-0.2, 0) is 12.8 Å². The summed E-state index contributed by atoms with van der Waals surface area (Å²) in [5.74, 6) is -0.327. The summed E-state index contributed by atoms with van der Waals surface area (Å²) >= 11 is 0. The SMILES string of the molecule is OCCc1cc(CCO)cc(OC(F)(F)F)c1. The van der Waals surface area contributed by atoms with Crippen molar-refractivity contribution in [1.29, 1.82) is 0 Å². The molecule has 0 radical (unpaired) electrons. The topological polar surface area (TPSA) is 49.7 Å². The van der Waals surface area contributed by atoms with Gasteiger partial charge < -0.3 is 14.9 Å². The van der Waals surface area contributed by atoms with Crippen molar-refractivity contribution in [3.63, 3.8) is 0 Å². The highest BCUT2D eigenvalue weighted by molar-refractivity contribution is 5.35. The van der Waals surface area contributed by atoms with Gasteiger partial charge in [-0.2, -0.15) is 0 Å². The molecule has 0 aromatic heterocycles. The molecule has 0 fully saturated rings. The summed E-state index contributed by atoms with van der Waals surface area (Å²) in [7, 11) is 0.